The molecule has 0 saturated carbocycles. The van der Waals surface area contributed by atoms with Gasteiger partial charge in [-0.05, 0) is 38.6 Å². The summed E-state index contributed by atoms with van der Waals surface area (Å²) in [5.41, 5.74) is 5.75. The van der Waals surface area contributed by atoms with Gasteiger partial charge in [0.2, 0.25) is 0 Å². The van der Waals surface area contributed by atoms with Crippen molar-refractivity contribution in [1.82, 2.24) is 4.90 Å². The normalized spacial score (nSPS) is 30.9. The van der Waals surface area contributed by atoms with Crippen LogP contribution in [0.15, 0.2) is 0 Å². The van der Waals surface area contributed by atoms with E-state index in [2.05, 4.69) is 25.7 Å². The summed E-state index contributed by atoms with van der Waals surface area (Å²) in [7, 11) is 0. The molecule has 0 spiro atoms. The molecule has 1 aliphatic rings. The van der Waals surface area contributed by atoms with Crippen LogP contribution in [0.2, 0.25) is 0 Å². The molecule has 0 aromatic carbocycles. The molecule has 1 aliphatic heterocycles. The average Bonchev–Trinajstić information content (AvgIpc) is 2.56. The number of nitrogens with zero attached hydrogens (tertiary/aromatic N) is 1. The van der Waals surface area contributed by atoms with Gasteiger partial charge in [0.15, 0.2) is 0 Å². The molecule has 3 atom stereocenters. The third kappa shape index (κ3) is 2.71. The minimum Gasteiger partial charge on any atom is -0.330 e. The first-order chi connectivity index (χ1) is 6.72. The Hall–Kier alpha value is -0.0800. The Labute approximate surface area is 88.8 Å². The zero-order valence-corrected chi connectivity index (χ0v) is 10.00. The number of rotatable bonds is 5. The van der Waals surface area contributed by atoms with E-state index in [0.717, 1.165) is 24.5 Å². The average molecular weight is 198 g/mol. The van der Waals surface area contributed by atoms with Gasteiger partial charge in [-0.15, -0.1) is 0 Å². The van der Waals surface area contributed by atoms with Gasteiger partial charge in [0, 0.05) is 18.6 Å². The Morgan fingerprint density at radius 3 is 2.57 bits per heavy atom. The van der Waals surface area contributed by atoms with E-state index >= 15 is 0 Å². The van der Waals surface area contributed by atoms with Crippen molar-refractivity contribution in [1.29, 1.82) is 0 Å². The van der Waals surface area contributed by atoms with E-state index in [-0.39, 0.29) is 0 Å². The standard InChI is InChI=1S/C12H26N2/c1-4-6-12(5-2)14-9-11(8-13)7-10(14)3/h10-12H,4-9,13H2,1-3H3. The first kappa shape index (κ1) is 12.0. The third-order valence-corrected chi connectivity index (χ3v) is 3.61. The molecule has 2 N–H and O–H groups in total. The molecule has 1 rings (SSSR count). The Morgan fingerprint density at radius 1 is 1.43 bits per heavy atom. The fraction of sp³-hybridized carbons (Fsp3) is 1.00. The van der Waals surface area contributed by atoms with Crippen LogP contribution < -0.4 is 5.73 Å². The number of hydrogen-bond acceptors (Lipinski definition) is 2. The highest BCUT2D eigenvalue weighted by molar-refractivity contribution is 4.86. The van der Waals surface area contributed by atoms with Crippen LogP contribution in [0.1, 0.15) is 46.5 Å². The molecule has 2 heteroatoms. The zero-order valence-electron chi connectivity index (χ0n) is 10.00. The predicted molar refractivity (Wildman–Crippen MR) is 62.3 cm³/mol. The maximum absolute atomic E-state index is 5.75. The van der Waals surface area contributed by atoms with Gasteiger partial charge >= 0.3 is 0 Å². The van der Waals surface area contributed by atoms with E-state index in [9.17, 15) is 0 Å². The molecular weight excluding hydrogens is 172 g/mol. The molecule has 1 fully saturated rings. The molecule has 0 aromatic rings. The highest BCUT2D eigenvalue weighted by Crippen LogP contribution is 2.27. The molecule has 1 heterocycles. The van der Waals surface area contributed by atoms with Crippen molar-refractivity contribution in [3.8, 4) is 0 Å². The lowest BCUT2D eigenvalue weighted by molar-refractivity contribution is 0.171. The second-order valence-corrected chi connectivity index (χ2v) is 4.73. The number of hydrogen-bond donors (Lipinski definition) is 1. The highest BCUT2D eigenvalue weighted by Gasteiger charge is 2.31. The largest absolute Gasteiger partial charge is 0.330 e. The van der Waals surface area contributed by atoms with Crippen molar-refractivity contribution in [2.45, 2.75) is 58.5 Å². The van der Waals surface area contributed by atoms with Gasteiger partial charge in [0.05, 0.1) is 0 Å². The van der Waals surface area contributed by atoms with Gasteiger partial charge in [-0.1, -0.05) is 20.3 Å². The molecule has 0 amide bonds. The van der Waals surface area contributed by atoms with Crippen molar-refractivity contribution in [2.24, 2.45) is 11.7 Å². The van der Waals surface area contributed by atoms with Crippen molar-refractivity contribution >= 4 is 0 Å². The van der Waals surface area contributed by atoms with Crippen LogP contribution in [0, 0.1) is 5.92 Å². The molecule has 0 aromatic heterocycles. The van der Waals surface area contributed by atoms with Crippen LogP contribution >= 0.6 is 0 Å². The van der Waals surface area contributed by atoms with Gasteiger partial charge in [-0.2, -0.15) is 0 Å². The van der Waals surface area contributed by atoms with Crippen LogP contribution in [0.3, 0.4) is 0 Å². The van der Waals surface area contributed by atoms with Crippen LogP contribution in [0.5, 0.6) is 0 Å². The maximum atomic E-state index is 5.75. The predicted octanol–water partition coefficient (Wildman–Crippen LogP) is 2.23. The van der Waals surface area contributed by atoms with Crippen molar-refractivity contribution < 1.29 is 0 Å². The minimum absolute atomic E-state index is 0.746. The van der Waals surface area contributed by atoms with Crippen LogP contribution in [-0.4, -0.2) is 30.1 Å². The lowest BCUT2D eigenvalue weighted by Gasteiger charge is -2.30. The van der Waals surface area contributed by atoms with Gasteiger partial charge in [-0.25, -0.2) is 0 Å². The Kier molecular flexibility index (Phi) is 4.90. The van der Waals surface area contributed by atoms with Crippen molar-refractivity contribution in [3.63, 3.8) is 0 Å². The van der Waals surface area contributed by atoms with E-state index in [0.29, 0.717) is 0 Å². The lowest BCUT2D eigenvalue weighted by Crippen LogP contribution is -2.37. The van der Waals surface area contributed by atoms with Crippen LogP contribution in [0.25, 0.3) is 0 Å². The summed E-state index contributed by atoms with van der Waals surface area (Å²) < 4.78 is 0. The highest BCUT2D eigenvalue weighted by atomic mass is 15.2. The van der Waals surface area contributed by atoms with Gasteiger partial charge in [-0.3, -0.25) is 4.90 Å². The van der Waals surface area contributed by atoms with Crippen LogP contribution in [-0.2, 0) is 0 Å². The quantitative estimate of drug-likeness (QED) is 0.734. The molecule has 14 heavy (non-hydrogen) atoms. The van der Waals surface area contributed by atoms with E-state index in [1.165, 1.54) is 32.2 Å². The minimum atomic E-state index is 0.746. The van der Waals surface area contributed by atoms with E-state index in [1.807, 2.05) is 0 Å². The smallest absolute Gasteiger partial charge is 0.00954 e. The summed E-state index contributed by atoms with van der Waals surface area (Å²) in [6.45, 7) is 9.04. The van der Waals surface area contributed by atoms with E-state index in [1.54, 1.807) is 0 Å². The van der Waals surface area contributed by atoms with Gasteiger partial charge < -0.3 is 5.73 Å². The summed E-state index contributed by atoms with van der Waals surface area (Å²) in [5.74, 6) is 0.746. The molecule has 84 valence electrons. The summed E-state index contributed by atoms with van der Waals surface area (Å²) in [6, 6.07) is 1.55. The van der Waals surface area contributed by atoms with Gasteiger partial charge in [0.1, 0.15) is 0 Å². The second-order valence-electron chi connectivity index (χ2n) is 4.73. The van der Waals surface area contributed by atoms with Gasteiger partial charge in [0.25, 0.3) is 0 Å². The number of likely N-dealkylation sites (tertiary alicyclic amines) is 1. The summed E-state index contributed by atoms with van der Waals surface area (Å²) in [6.07, 6.45) is 5.24. The maximum Gasteiger partial charge on any atom is 0.00954 e. The fourth-order valence-electron chi connectivity index (χ4n) is 2.79. The lowest BCUT2D eigenvalue weighted by atomic mass is 10.1. The molecule has 0 bridgehead atoms. The fourth-order valence-corrected chi connectivity index (χ4v) is 2.79. The Bertz CT molecular complexity index is 158. The monoisotopic (exact) mass is 198 g/mol. The van der Waals surface area contributed by atoms with Crippen LogP contribution in [0.4, 0.5) is 0 Å². The molecule has 1 saturated heterocycles. The zero-order chi connectivity index (χ0) is 10.6. The summed E-state index contributed by atoms with van der Waals surface area (Å²) in [4.78, 5) is 2.68. The summed E-state index contributed by atoms with van der Waals surface area (Å²) in [5, 5.41) is 0. The molecule has 0 aliphatic carbocycles. The topological polar surface area (TPSA) is 29.3 Å². The van der Waals surface area contributed by atoms with Crippen molar-refractivity contribution in [3.05, 3.63) is 0 Å². The molecule has 2 nitrogen and oxygen atoms in total. The molecule has 0 radical (unpaired) electrons. The second kappa shape index (κ2) is 5.72. The van der Waals surface area contributed by atoms with E-state index < -0.39 is 0 Å². The number of nitrogens with two attached hydrogens (primary N) is 1. The van der Waals surface area contributed by atoms with Crippen molar-refractivity contribution in [2.75, 3.05) is 13.1 Å². The molecular formula is C12H26N2. The Morgan fingerprint density at radius 2 is 2.14 bits per heavy atom. The third-order valence-electron chi connectivity index (χ3n) is 3.61. The first-order valence-electron chi connectivity index (χ1n) is 6.18. The SMILES string of the molecule is CCCC(CC)N1CC(CN)CC1C. The first-order valence-corrected chi connectivity index (χ1v) is 6.18. The Balaban J connectivity index is 2.49. The summed E-state index contributed by atoms with van der Waals surface area (Å²) >= 11 is 0. The van der Waals surface area contributed by atoms with E-state index in [4.69, 9.17) is 5.73 Å². The molecule has 3 unspecified atom stereocenters.